The van der Waals surface area contributed by atoms with Crippen LogP contribution in [0.3, 0.4) is 0 Å². The largest absolute Gasteiger partial charge is 0.395 e. The summed E-state index contributed by atoms with van der Waals surface area (Å²) in [6.45, 7) is 4.97. The zero-order valence-corrected chi connectivity index (χ0v) is 15.3. The molecule has 0 unspecified atom stereocenters. The molecular formula is C18H40N2O3. The second kappa shape index (κ2) is 18.1. The molecule has 23 heavy (non-hydrogen) atoms. The zero-order valence-electron chi connectivity index (χ0n) is 15.3. The molecule has 0 fully saturated rings. The van der Waals surface area contributed by atoms with Crippen LogP contribution < -0.4 is 0 Å². The van der Waals surface area contributed by atoms with Crippen LogP contribution in [0.2, 0.25) is 0 Å². The van der Waals surface area contributed by atoms with E-state index >= 15 is 0 Å². The molecule has 0 spiro atoms. The van der Waals surface area contributed by atoms with Crippen molar-refractivity contribution in [2.45, 2.75) is 71.1 Å². The first-order valence-electron chi connectivity index (χ1n) is 9.62. The molecule has 0 atom stereocenters. The van der Waals surface area contributed by atoms with E-state index in [2.05, 4.69) is 11.9 Å². The highest BCUT2D eigenvalue weighted by molar-refractivity contribution is 4.59. The fourth-order valence-corrected chi connectivity index (χ4v) is 2.92. The Morgan fingerprint density at radius 1 is 0.478 bits per heavy atom. The van der Waals surface area contributed by atoms with Crippen LogP contribution in [0.1, 0.15) is 71.1 Å². The van der Waals surface area contributed by atoms with E-state index in [1.54, 1.807) is 0 Å². The first-order valence-corrected chi connectivity index (χ1v) is 9.62. The Balaban J connectivity index is 3.70. The number of hydrogen-bond acceptors (Lipinski definition) is 5. The molecule has 0 heterocycles. The van der Waals surface area contributed by atoms with Crippen LogP contribution in [0.25, 0.3) is 0 Å². The molecule has 0 aliphatic carbocycles. The Hall–Kier alpha value is -0.200. The molecule has 3 N–H and O–H groups in total. The van der Waals surface area contributed by atoms with Gasteiger partial charge in [0.25, 0.3) is 0 Å². The number of aliphatic hydroxyl groups is 3. The number of aliphatic hydroxyl groups excluding tert-OH is 3. The molecule has 0 saturated heterocycles. The summed E-state index contributed by atoms with van der Waals surface area (Å²) in [5, 5.41) is 31.4. The van der Waals surface area contributed by atoms with Gasteiger partial charge in [-0.2, -0.15) is 0 Å². The van der Waals surface area contributed by atoms with Crippen molar-refractivity contribution in [3.8, 4) is 0 Å². The highest BCUT2D eigenvalue weighted by Crippen LogP contribution is 2.11. The molecule has 0 aromatic rings. The highest BCUT2D eigenvalue weighted by atomic mass is 16.3. The van der Waals surface area contributed by atoms with Crippen LogP contribution in [-0.2, 0) is 0 Å². The van der Waals surface area contributed by atoms with Gasteiger partial charge in [-0.15, -0.1) is 0 Å². The standard InChI is InChI=1S/C18H40N2O3/c1-2-3-4-5-6-7-8-9-10-11-12-19(13-16-21)20(14-17-22)15-18-23/h21-23H,2-18H2,1H3. The average Bonchev–Trinajstić information content (AvgIpc) is 2.55. The van der Waals surface area contributed by atoms with Gasteiger partial charge in [-0.05, 0) is 6.42 Å². The summed E-state index contributed by atoms with van der Waals surface area (Å²) < 4.78 is 0. The van der Waals surface area contributed by atoms with E-state index in [-0.39, 0.29) is 19.8 Å². The molecule has 0 radical (unpaired) electrons. The van der Waals surface area contributed by atoms with Crippen molar-refractivity contribution in [1.82, 2.24) is 10.0 Å². The molecule has 0 amide bonds. The average molecular weight is 333 g/mol. The lowest BCUT2D eigenvalue weighted by atomic mass is 10.1. The first kappa shape index (κ1) is 22.8. The molecule has 0 aliphatic rings. The van der Waals surface area contributed by atoms with Crippen molar-refractivity contribution in [2.75, 3.05) is 46.0 Å². The molecule has 0 bridgehead atoms. The third-order valence-corrected chi connectivity index (χ3v) is 4.24. The summed E-state index contributed by atoms with van der Waals surface area (Å²) in [4.78, 5) is 0. The van der Waals surface area contributed by atoms with Crippen LogP contribution >= 0.6 is 0 Å². The van der Waals surface area contributed by atoms with Crippen LogP contribution in [0, 0.1) is 0 Å². The van der Waals surface area contributed by atoms with E-state index in [0.29, 0.717) is 19.6 Å². The molecular weight excluding hydrogens is 292 g/mol. The van der Waals surface area contributed by atoms with Crippen LogP contribution in [-0.4, -0.2) is 71.3 Å². The topological polar surface area (TPSA) is 67.2 Å². The van der Waals surface area contributed by atoms with E-state index in [4.69, 9.17) is 10.2 Å². The Labute approximate surface area is 143 Å². The third kappa shape index (κ3) is 13.9. The van der Waals surface area contributed by atoms with Crippen molar-refractivity contribution in [1.29, 1.82) is 0 Å². The van der Waals surface area contributed by atoms with Gasteiger partial charge in [0.2, 0.25) is 0 Å². The van der Waals surface area contributed by atoms with Crippen molar-refractivity contribution in [3.63, 3.8) is 0 Å². The molecule has 5 nitrogen and oxygen atoms in total. The fraction of sp³-hybridized carbons (Fsp3) is 1.00. The SMILES string of the molecule is CCCCCCCCCCCCN(CCO)N(CCO)CCO. The summed E-state index contributed by atoms with van der Waals surface area (Å²) in [5.41, 5.74) is 0. The normalized spacial score (nSPS) is 11.7. The predicted octanol–water partition coefficient (Wildman–Crippen LogP) is 2.40. The van der Waals surface area contributed by atoms with E-state index in [0.717, 1.165) is 13.0 Å². The summed E-state index contributed by atoms with van der Waals surface area (Å²) >= 11 is 0. The quantitative estimate of drug-likeness (QED) is 0.266. The Morgan fingerprint density at radius 2 is 0.826 bits per heavy atom. The molecule has 140 valence electrons. The lowest BCUT2D eigenvalue weighted by molar-refractivity contribution is -0.0539. The van der Waals surface area contributed by atoms with Gasteiger partial charge in [-0.3, -0.25) is 0 Å². The minimum absolute atomic E-state index is 0.0694. The van der Waals surface area contributed by atoms with Crippen molar-refractivity contribution in [2.24, 2.45) is 0 Å². The van der Waals surface area contributed by atoms with E-state index in [1.165, 1.54) is 57.8 Å². The smallest absolute Gasteiger partial charge is 0.0572 e. The van der Waals surface area contributed by atoms with Gasteiger partial charge >= 0.3 is 0 Å². The fourth-order valence-electron chi connectivity index (χ4n) is 2.92. The maximum atomic E-state index is 9.19. The molecule has 0 aromatic heterocycles. The van der Waals surface area contributed by atoms with Crippen LogP contribution in [0.4, 0.5) is 0 Å². The number of rotatable bonds is 18. The highest BCUT2D eigenvalue weighted by Gasteiger charge is 2.13. The van der Waals surface area contributed by atoms with E-state index < -0.39 is 0 Å². The summed E-state index contributed by atoms with van der Waals surface area (Å²) in [7, 11) is 0. The number of hydrogen-bond donors (Lipinski definition) is 3. The van der Waals surface area contributed by atoms with Crippen LogP contribution in [0.5, 0.6) is 0 Å². The molecule has 0 saturated carbocycles. The minimum Gasteiger partial charge on any atom is -0.395 e. The van der Waals surface area contributed by atoms with Crippen LogP contribution in [0.15, 0.2) is 0 Å². The molecule has 5 heteroatoms. The maximum Gasteiger partial charge on any atom is 0.0572 e. The third-order valence-electron chi connectivity index (χ3n) is 4.24. The van der Waals surface area contributed by atoms with Gasteiger partial charge in [0, 0.05) is 26.2 Å². The Kier molecular flexibility index (Phi) is 18.0. The summed E-state index contributed by atoms with van der Waals surface area (Å²) in [6, 6.07) is 0. The van der Waals surface area contributed by atoms with Gasteiger partial charge in [-0.1, -0.05) is 64.7 Å². The maximum absolute atomic E-state index is 9.19. The summed E-state index contributed by atoms with van der Waals surface area (Å²) in [6.07, 6.45) is 13.1. The monoisotopic (exact) mass is 332 g/mol. The lowest BCUT2D eigenvalue weighted by Gasteiger charge is -2.34. The second-order valence-corrected chi connectivity index (χ2v) is 6.26. The predicted molar refractivity (Wildman–Crippen MR) is 96.2 cm³/mol. The number of unbranched alkanes of at least 4 members (excludes halogenated alkanes) is 9. The number of hydrazine groups is 1. The minimum atomic E-state index is 0.0694. The van der Waals surface area contributed by atoms with Gasteiger partial charge < -0.3 is 15.3 Å². The van der Waals surface area contributed by atoms with Gasteiger partial charge in [0.05, 0.1) is 19.8 Å². The lowest BCUT2D eigenvalue weighted by Crippen LogP contribution is -2.47. The molecule has 0 rings (SSSR count). The van der Waals surface area contributed by atoms with E-state index in [9.17, 15) is 5.11 Å². The van der Waals surface area contributed by atoms with Gasteiger partial charge in [0.1, 0.15) is 0 Å². The van der Waals surface area contributed by atoms with Crippen molar-refractivity contribution >= 4 is 0 Å². The first-order chi connectivity index (χ1) is 11.3. The molecule has 0 aromatic carbocycles. The van der Waals surface area contributed by atoms with Crippen molar-refractivity contribution in [3.05, 3.63) is 0 Å². The molecule has 0 aliphatic heterocycles. The van der Waals surface area contributed by atoms with E-state index in [1.807, 2.05) is 5.01 Å². The second-order valence-electron chi connectivity index (χ2n) is 6.26. The Morgan fingerprint density at radius 3 is 1.22 bits per heavy atom. The zero-order chi connectivity index (χ0) is 17.2. The number of nitrogens with zero attached hydrogens (tertiary/aromatic N) is 2. The summed E-state index contributed by atoms with van der Waals surface area (Å²) in [5.74, 6) is 0. The van der Waals surface area contributed by atoms with Gasteiger partial charge in [-0.25, -0.2) is 10.0 Å². The Bertz CT molecular complexity index is 224. The van der Waals surface area contributed by atoms with Gasteiger partial charge in [0.15, 0.2) is 0 Å². The van der Waals surface area contributed by atoms with Crippen molar-refractivity contribution < 1.29 is 15.3 Å².